The number of fused-ring (bicyclic) bond motifs is 1. The fraction of sp³-hybridized carbons (Fsp3) is 0.727. The van der Waals surface area contributed by atoms with Gasteiger partial charge in [-0.2, -0.15) is 0 Å². The third-order valence-electron chi connectivity index (χ3n) is 6.92. The normalized spacial score (nSPS) is 29.8. The van der Waals surface area contributed by atoms with E-state index in [1.165, 1.54) is 82.3 Å². The van der Waals surface area contributed by atoms with Gasteiger partial charge in [0.15, 0.2) is 0 Å². The van der Waals surface area contributed by atoms with E-state index in [2.05, 4.69) is 41.8 Å². The molecule has 0 bridgehead atoms. The number of hydrogen-bond donors (Lipinski definition) is 0. The van der Waals surface area contributed by atoms with E-state index >= 15 is 0 Å². The van der Waals surface area contributed by atoms with Gasteiger partial charge in [0, 0.05) is 31.7 Å². The molecule has 0 amide bonds. The largest absolute Gasteiger partial charge is 0.298 e. The summed E-state index contributed by atoms with van der Waals surface area (Å²) in [6, 6.07) is 8.64. The average Bonchev–Trinajstić information content (AvgIpc) is 3.07. The molecule has 0 radical (unpaired) electrons. The Morgan fingerprint density at radius 2 is 1.75 bits per heavy atom. The maximum Gasteiger partial charge on any atom is 0.0283 e. The molecular weight excluding hydrogens is 292 g/mol. The van der Waals surface area contributed by atoms with Crippen LogP contribution in [0.5, 0.6) is 0 Å². The summed E-state index contributed by atoms with van der Waals surface area (Å²) < 4.78 is 0. The smallest absolute Gasteiger partial charge is 0.0283 e. The van der Waals surface area contributed by atoms with Crippen LogP contribution in [0.1, 0.15) is 61.6 Å². The molecule has 0 aromatic heterocycles. The van der Waals surface area contributed by atoms with E-state index in [4.69, 9.17) is 0 Å². The molecule has 1 aromatic carbocycles. The summed E-state index contributed by atoms with van der Waals surface area (Å²) in [5, 5.41) is 0. The van der Waals surface area contributed by atoms with Crippen molar-refractivity contribution in [3.63, 3.8) is 0 Å². The van der Waals surface area contributed by atoms with Crippen LogP contribution < -0.4 is 0 Å². The summed E-state index contributed by atoms with van der Waals surface area (Å²) >= 11 is 0. The molecule has 1 saturated carbocycles. The van der Waals surface area contributed by atoms with Crippen LogP contribution in [0.15, 0.2) is 18.2 Å². The molecule has 2 saturated heterocycles. The summed E-state index contributed by atoms with van der Waals surface area (Å²) in [5.41, 5.74) is 4.43. The summed E-state index contributed by atoms with van der Waals surface area (Å²) in [7, 11) is 0. The van der Waals surface area contributed by atoms with E-state index < -0.39 is 0 Å². The van der Waals surface area contributed by atoms with Gasteiger partial charge in [-0.05, 0) is 63.1 Å². The van der Waals surface area contributed by atoms with Crippen molar-refractivity contribution in [2.24, 2.45) is 5.92 Å². The molecule has 24 heavy (non-hydrogen) atoms. The van der Waals surface area contributed by atoms with Gasteiger partial charge in [-0.1, -0.05) is 43.0 Å². The number of nitrogens with zero attached hydrogens (tertiary/aromatic N) is 2. The zero-order valence-corrected chi connectivity index (χ0v) is 15.6. The Morgan fingerprint density at radius 1 is 0.917 bits per heavy atom. The minimum Gasteiger partial charge on any atom is -0.298 e. The van der Waals surface area contributed by atoms with Crippen molar-refractivity contribution in [2.45, 2.75) is 77.4 Å². The van der Waals surface area contributed by atoms with Crippen LogP contribution in [-0.2, 0) is 6.54 Å². The second-order valence-electron chi connectivity index (χ2n) is 8.53. The highest BCUT2D eigenvalue weighted by atomic mass is 15.3. The predicted octanol–water partition coefficient (Wildman–Crippen LogP) is 4.53. The molecule has 2 heteroatoms. The first-order valence-corrected chi connectivity index (χ1v) is 10.3. The molecule has 0 N–H and O–H groups in total. The quantitative estimate of drug-likeness (QED) is 0.805. The third kappa shape index (κ3) is 3.28. The van der Waals surface area contributed by atoms with Gasteiger partial charge in [0.2, 0.25) is 0 Å². The van der Waals surface area contributed by atoms with Crippen molar-refractivity contribution in [1.82, 2.24) is 9.80 Å². The molecule has 2 heterocycles. The molecule has 3 fully saturated rings. The van der Waals surface area contributed by atoms with Gasteiger partial charge in [0.1, 0.15) is 0 Å². The van der Waals surface area contributed by atoms with Crippen LogP contribution in [0, 0.1) is 19.8 Å². The van der Waals surface area contributed by atoms with Gasteiger partial charge in [0.05, 0.1) is 0 Å². The first-order chi connectivity index (χ1) is 11.7. The van der Waals surface area contributed by atoms with Crippen LogP contribution >= 0.6 is 0 Å². The zero-order valence-electron chi connectivity index (χ0n) is 15.6. The Bertz CT molecular complexity index is 561. The molecule has 1 aromatic rings. The lowest BCUT2D eigenvalue weighted by molar-refractivity contribution is -0.00389. The summed E-state index contributed by atoms with van der Waals surface area (Å²) in [6.45, 7) is 9.60. The van der Waals surface area contributed by atoms with E-state index in [-0.39, 0.29) is 0 Å². The molecule has 132 valence electrons. The van der Waals surface area contributed by atoms with Crippen LogP contribution in [0.25, 0.3) is 0 Å². The van der Waals surface area contributed by atoms with Gasteiger partial charge in [-0.25, -0.2) is 0 Å². The number of benzene rings is 1. The van der Waals surface area contributed by atoms with Crippen LogP contribution in [0.4, 0.5) is 0 Å². The van der Waals surface area contributed by atoms with Crippen molar-refractivity contribution < 1.29 is 0 Å². The second-order valence-corrected chi connectivity index (χ2v) is 8.53. The van der Waals surface area contributed by atoms with Gasteiger partial charge >= 0.3 is 0 Å². The Hall–Kier alpha value is -0.860. The molecule has 1 aliphatic carbocycles. The van der Waals surface area contributed by atoms with Crippen molar-refractivity contribution >= 4 is 0 Å². The maximum absolute atomic E-state index is 2.88. The molecular formula is C22H34N2. The second kappa shape index (κ2) is 7.17. The van der Waals surface area contributed by atoms with E-state index in [1.54, 1.807) is 5.56 Å². The molecule has 0 spiro atoms. The topological polar surface area (TPSA) is 6.48 Å². The van der Waals surface area contributed by atoms with Gasteiger partial charge < -0.3 is 0 Å². The highest BCUT2D eigenvalue weighted by Gasteiger charge is 2.42. The molecule has 0 unspecified atom stereocenters. The van der Waals surface area contributed by atoms with E-state index in [1.807, 2.05) is 0 Å². The fourth-order valence-corrected chi connectivity index (χ4v) is 5.63. The Morgan fingerprint density at radius 3 is 2.58 bits per heavy atom. The Labute approximate surface area is 148 Å². The Balaban J connectivity index is 1.58. The molecule has 2 atom stereocenters. The van der Waals surface area contributed by atoms with E-state index in [9.17, 15) is 0 Å². The first-order valence-electron chi connectivity index (χ1n) is 10.3. The number of piperazine rings is 1. The molecule has 2 aliphatic heterocycles. The number of hydrogen-bond acceptors (Lipinski definition) is 2. The number of aryl methyl sites for hydroxylation is 2. The highest BCUT2D eigenvalue weighted by Crippen LogP contribution is 2.38. The van der Waals surface area contributed by atoms with Crippen LogP contribution in [-0.4, -0.2) is 41.5 Å². The minimum absolute atomic E-state index is 0.807. The van der Waals surface area contributed by atoms with E-state index in [0.29, 0.717) is 0 Å². The molecule has 2 nitrogen and oxygen atoms in total. The van der Waals surface area contributed by atoms with Crippen LogP contribution in [0.3, 0.4) is 0 Å². The summed E-state index contributed by atoms with van der Waals surface area (Å²) in [4.78, 5) is 5.70. The van der Waals surface area contributed by atoms with Crippen molar-refractivity contribution in [3.05, 3.63) is 34.9 Å². The van der Waals surface area contributed by atoms with Crippen molar-refractivity contribution in [3.8, 4) is 0 Å². The third-order valence-corrected chi connectivity index (χ3v) is 6.92. The SMILES string of the molecule is Cc1ccc(C)c(CN2CCN3CCC[C@H]3[C@@H]2C2CCCCC2)c1. The lowest BCUT2D eigenvalue weighted by atomic mass is 9.78. The van der Waals surface area contributed by atoms with Crippen molar-refractivity contribution in [2.75, 3.05) is 19.6 Å². The lowest BCUT2D eigenvalue weighted by Gasteiger charge is -2.49. The maximum atomic E-state index is 2.88. The van der Waals surface area contributed by atoms with Gasteiger partial charge in [0.25, 0.3) is 0 Å². The number of rotatable bonds is 3. The van der Waals surface area contributed by atoms with Gasteiger partial charge in [-0.15, -0.1) is 0 Å². The van der Waals surface area contributed by atoms with E-state index in [0.717, 1.165) is 18.0 Å². The molecule has 4 rings (SSSR count). The zero-order chi connectivity index (χ0) is 16.5. The average molecular weight is 327 g/mol. The lowest BCUT2D eigenvalue weighted by Crippen LogP contribution is -2.59. The Kier molecular flexibility index (Phi) is 4.96. The standard InChI is InChI=1S/C22H34N2/c1-17-10-11-18(2)20(15-17)16-24-14-13-23-12-6-9-21(23)22(24)19-7-4-3-5-8-19/h10-11,15,19,21-22H,3-9,12-14,16H2,1-2H3/t21-,22-/m0/s1. The summed E-state index contributed by atoms with van der Waals surface area (Å²) in [6.07, 6.45) is 10.2. The molecule has 3 aliphatic rings. The van der Waals surface area contributed by atoms with Crippen LogP contribution in [0.2, 0.25) is 0 Å². The highest BCUT2D eigenvalue weighted by molar-refractivity contribution is 5.30. The minimum atomic E-state index is 0.807. The first kappa shape index (κ1) is 16.6. The van der Waals surface area contributed by atoms with Gasteiger partial charge in [-0.3, -0.25) is 9.80 Å². The monoisotopic (exact) mass is 326 g/mol. The summed E-state index contributed by atoms with van der Waals surface area (Å²) in [5.74, 6) is 0.940. The fourth-order valence-electron chi connectivity index (χ4n) is 5.63. The predicted molar refractivity (Wildman–Crippen MR) is 101 cm³/mol. The van der Waals surface area contributed by atoms with Crippen molar-refractivity contribution in [1.29, 1.82) is 0 Å².